The topological polar surface area (TPSA) is 12.0 Å². The summed E-state index contributed by atoms with van der Waals surface area (Å²) in [5, 5.41) is 0. The highest BCUT2D eigenvalue weighted by molar-refractivity contribution is 7.81. The first-order chi connectivity index (χ1) is 4.74. The first-order valence-electron chi connectivity index (χ1n) is 3.21. The summed E-state index contributed by atoms with van der Waals surface area (Å²) in [6.07, 6.45) is 0. The standard InChI is InChI=1S/C8H11NS/c1-6-3-4-8(9-10)7(2)5-6/h3-5,9-10H,1-2H3. The Bertz CT molecular complexity index is 233. The number of benzene rings is 1. The fourth-order valence-corrected chi connectivity index (χ4v) is 1.19. The van der Waals surface area contributed by atoms with Crippen LogP contribution in [0.15, 0.2) is 18.2 Å². The molecule has 10 heavy (non-hydrogen) atoms. The van der Waals surface area contributed by atoms with Gasteiger partial charge in [-0.1, -0.05) is 30.5 Å². The van der Waals surface area contributed by atoms with Crippen LogP contribution in [0.3, 0.4) is 0 Å². The summed E-state index contributed by atoms with van der Waals surface area (Å²) in [5.74, 6) is 0. The predicted octanol–water partition coefficient (Wildman–Crippen LogP) is 2.56. The van der Waals surface area contributed by atoms with Gasteiger partial charge in [0.25, 0.3) is 0 Å². The van der Waals surface area contributed by atoms with Crippen molar-refractivity contribution in [3.63, 3.8) is 0 Å². The van der Waals surface area contributed by atoms with Gasteiger partial charge in [-0.2, -0.15) is 0 Å². The Labute approximate surface area is 67.0 Å². The van der Waals surface area contributed by atoms with E-state index in [1.54, 1.807) is 0 Å². The van der Waals surface area contributed by atoms with Gasteiger partial charge < -0.3 is 4.72 Å². The number of hydrogen-bond donors (Lipinski definition) is 2. The zero-order valence-electron chi connectivity index (χ0n) is 6.18. The second kappa shape index (κ2) is 2.97. The minimum absolute atomic E-state index is 1.08. The van der Waals surface area contributed by atoms with Crippen LogP contribution < -0.4 is 4.72 Å². The molecule has 0 aromatic heterocycles. The van der Waals surface area contributed by atoms with Crippen LogP contribution in [-0.2, 0) is 0 Å². The largest absolute Gasteiger partial charge is 0.332 e. The first-order valence-corrected chi connectivity index (χ1v) is 3.66. The van der Waals surface area contributed by atoms with E-state index in [0.29, 0.717) is 0 Å². The number of nitrogens with one attached hydrogen (secondary N) is 1. The Hall–Kier alpha value is -0.630. The van der Waals surface area contributed by atoms with Crippen LogP contribution in [-0.4, -0.2) is 0 Å². The highest BCUT2D eigenvalue weighted by Crippen LogP contribution is 2.15. The van der Waals surface area contributed by atoms with E-state index in [4.69, 9.17) is 0 Å². The fourth-order valence-electron chi connectivity index (χ4n) is 0.939. The lowest BCUT2D eigenvalue weighted by Gasteiger charge is -2.03. The number of anilines is 1. The summed E-state index contributed by atoms with van der Waals surface area (Å²) in [6.45, 7) is 4.14. The molecule has 1 aromatic rings. The summed E-state index contributed by atoms with van der Waals surface area (Å²) in [5.41, 5.74) is 3.59. The lowest BCUT2D eigenvalue weighted by Crippen LogP contribution is -1.85. The second-order valence-electron chi connectivity index (χ2n) is 2.43. The van der Waals surface area contributed by atoms with Crippen LogP contribution >= 0.6 is 12.8 Å². The minimum Gasteiger partial charge on any atom is -0.332 e. The molecule has 0 spiro atoms. The van der Waals surface area contributed by atoms with Gasteiger partial charge in [-0.3, -0.25) is 0 Å². The third-order valence-electron chi connectivity index (χ3n) is 1.50. The third kappa shape index (κ3) is 1.45. The van der Waals surface area contributed by atoms with E-state index >= 15 is 0 Å². The van der Waals surface area contributed by atoms with Gasteiger partial charge in [-0.05, 0) is 25.5 Å². The monoisotopic (exact) mass is 153 g/mol. The summed E-state index contributed by atoms with van der Waals surface area (Å²) < 4.78 is 2.82. The highest BCUT2D eigenvalue weighted by atomic mass is 32.1. The molecule has 0 unspecified atom stereocenters. The molecule has 0 aliphatic heterocycles. The average Bonchev–Trinajstić information content (AvgIpc) is 1.88. The van der Waals surface area contributed by atoms with Crippen LogP contribution in [0.2, 0.25) is 0 Å². The molecular weight excluding hydrogens is 142 g/mol. The summed E-state index contributed by atoms with van der Waals surface area (Å²) in [4.78, 5) is 0. The van der Waals surface area contributed by atoms with E-state index in [0.717, 1.165) is 5.69 Å². The van der Waals surface area contributed by atoms with E-state index in [2.05, 4.69) is 43.5 Å². The van der Waals surface area contributed by atoms with Crippen LogP contribution in [0, 0.1) is 13.8 Å². The molecule has 0 heterocycles. The van der Waals surface area contributed by atoms with Crippen molar-refractivity contribution in [2.45, 2.75) is 13.8 Å². The number of rotatable bonds is 1. The molecule has 0 aliphatic carbocycles. The van der Waals surface area contributed by atoms with Gasteiger partial charge in [0.15, 0.2) is 0 Å². The molecular formula is C8H11NS. The van der Waals surface area contributed by atoms with Crippen molar-refractivity contribution in [1.29, 1.82) is 0 Å². The molecule has 0 radical (unpaired) electrons. The van der Waals surface area contributed by atoms with Gasteiger partial charge in [0, 0.05) is 5.69 Å². The fraction of sp³-hybridized carbons (Fsp3) is 0.250. The smallest absolute Gasteiger partial charge is 0.0467 e. The maximum Gasteiger partial charge on any atom is 0.0467 e. The maximum absolute atomic E-state index is 3.96. The van der Waals surface area contributed by atoms with Gasteiger partial charge >= 0.3 is 0 Å². The highest BCUT2D eigenvalue weighted by Gasteiger charge is 1.93. The first kappa shape index (κ1) is 7.48. The zero-order valence-corrected chi connectivity index (χ0v) is 7.07. The van der Waals surface area contributed by atoms with Crippen LogP contribution in [0.5, 0.6) is 0 Å². The predicted molar refractivity (Wildman–Crippen MR) is 48.5 cm³/mol. The minimum atomic E-state index is 1.08. The van der Waals surface area contributed by atoms with Gasteiger partial charge in [-0.25, -0.2) is 0 Å². The Balaban J connectivity index is 3.07. The normalized spacial score (nSPS) is 9.50. The van der Waals surface area contributed by atoms with Gasteiger partial charge in [0.1, 0.15) is 0 Å². The second-order valence-corrected chi connectivity index (χ2v) is 2.65. The summed E-state index contributed by atoms with van der Waals surface area (Å²) in [6, 6.07) is 6.21. The SMILES string of the molecule is Cc1ccc(NS)c(C)c1. The van der Waals surface area contributed by atoms with E-state index in [1.165, 1.54) is 11.1 Å². The molecule has 54 valence electrons. The van der Waals surface area contributed by atoms with Gasteiger partial charge in [0.2, 0.25) is 0 Å². The van der Waals surface area contributed by atoms with Gasteiger partial charge in [0.05, 0.1) is 0 Å². The van der Waals surface area contributed by atoms with Crippen molar-refractivity contribution in [2.75, 3.05) is 4.72 Å². The quantitative estimate of drug-likeness (QED) is 0.591. The molecule has 1 N–H and O–H groups in total. The number of aryl methyl sites for hydroxylation is 2. The van der Waals surface area contributed by atoms with E-state index < -0.39 is 0 Å². The summed E-state index contributed by atoms with van der Waals surface area (Å²) >= 11 is 3.96. The van der Waals surface area contributed by atoms with Crippen molar-refractivity contribution < 1.29 is 0 Å². The van der Waals surface area contributed by atoms with E-state index in [1.807, 2.05) is 6.07 Å². The molecule has 2 heteroatoms. The number of hydrogen-bond acceptors (Lipinski definition) is 2. The summed E-state index contributed by atoms with van der Waals surface area (Å²) in [7, 11) is 0. The molecule has 0 fully saturated rings. The van der Waals surface area contributed by atoms with Crippen molar-refractivity contribution in [3.05, 3.63) is 29.3 Å². The van der Waals surface area contributed by atoms with Crippen molar-refractivity contribution in [3.8, 4) is 0 Å². The van der Waals surface area contributed by atoms with Crippen LogP contribution in [0.4, 0.5) is 5.69 Å². The van der Waals surface area contributed by atoms with Crippen LogP contribution in [0.25, 0.3) is 0 Å². The molecule has 1 nitrogen and oxygen atoms in total. The Morgan fingerprint density at radius 1 is 1.30 bits per heavy atom. The Kier molecular flexibility index (Phi) is 2.22. The molecule has 0 aliphatic rings. The number of thiol groups is 1. The lowest BCUT2D eigenvalue weighted by atomic mass is 10.1. The maximum atomic E-state index is 3.96. The van der Waals surface area contributed by atoms with E-state index in [-0.39, 0.29) is 0 Å². The van der Waals surface area contributed by atoms with E-state index in [9.17, 15) is 0 Å². The molecule has 0 amide bonds. The van der Waals surface area contributed by atoms with Crippen molar-refractivity contribution in [1.82, 2.24) is 0 Å². The van der Waals surface area contributed by atoms with Crippen molar-refractivity contribution >= 4 is 18.5 Å². The molecule has 0 atom stereocenters. The van der Waals surface area contributed by atoms with Crippen molar-refractivity contribution in [2.24, 2.45) is 0 Å². The Morgan fingerprint density at radius 2 is 2.00 bits per heavy atom. The molecule has 0 bridgehead atoms. The molecule has 0 saturated carbocycles. The zero-order chi connectivity index (χ0) is 7.56. The lowest BCUT2D eigenvalue weighted by molar-refractivity contribution is 1.39. The van der Waals surface area contributed by atoms with Gasteiger partial charge in [-0.15, -0.1) is 0 Å². The Morgan fingerprint density at radius 3 is 2.50 bits per heavy atom. The molecule has 0 saturated heterocycles. The third-order valence-corrected chi connectivity index (χ3v) is 1.74. The molecule has 1 rings (SSSR count). The average molecular weight is 153 g/mol. The molecule has 1 aromatic carbocycles. The van der Waals surface area contributed by atoms with Crippen LogP contribution in [0.1, 0.15) is 11.1 Å².